The summed E-state index contributed by atoms with van der Waals surface area (Å²) >= 11 is 3.46. The van der Waals surface area contributed by atoms with Crippen molar-refractivity contribution in [3.05, 3.63) is 28.7 Å². The molecule has 2 N–H and O–H groups in total. The van der Waals surface area contributed by atoms with Gasteiger partial charge in [0.05, 0.1) is 11.0 Å². The fourth-order valence-corrected chi connectivity index (χ4v) is 3.03. The standard InChI is InChI=1S/C17H25BrN2O2.ClH/c1-13(22-16-5-3-2-4-15(16)18)12-20-17(21)7-6-14-8-10-19-11-9-14;/h2-5,13-14,19H,6-12H2,1H3,(H,20,21);1H. The van der Waals surface area contributed by atoms with Crippen molar-refractivity contribution < 1.29 is 9.53 Å². The van der Waals surface area contributed by atoms with Gasteiger partial charge in [-0.2, -0.15) is 0 Å². The van der Waals surface area contributed by atoms with Crippen molar-refractivity contribution in [2.75, 3.05) is 19.6 Å². The van der Waals surface area contributed by atoms with Crippen molar-refractivity contribution in [1.82, 2.24) is 10.6 Å². The van der Waals surface area contributed by atoms with Crippen molar-refractivity contribution in [1.29, 1.82) is 0 Å². The molecule has 1 aliphatic heterocycles. The number of ether oxygens (including phenoxy) is 1. The molecule has 0 radical (unpaired) electrons. The van der Waals surface area contributed by atoms with Gasteiger partial charge in [0, 0.05) is 6.42 Å². The van der Waals surface area contributed by atoms with Crippen molar-refractivity contribution >= 4 is 34.2 Å². The Labute approximate surface area is 153 Å². The smallest absolute Gasteiger partial charge is 0.220 e. The summed E-state index contributed by atoms with van der Waals surface area (Å²) < 4.78 is 6.75. The summed E-state index contributed by atoms with van der Waals surface area (Å²) in [6.45, 7) is 4.67. The van der Waals surface area contributed by atoms with Gasteiger partial charge in [-0.05, 0) is 73.3 Å². The first-order chi connectivity index (χ1) is 10.6. The monoisotopic (exact) mass is 404 g/mol. The van der Waals surface area contributed by atoms with Crippen LogP contribution in [0.5, 0.6) is 5.75 Å². The molecule has 23 heavy (non-hydrogen) atoms. The van der Waals surface area contributed by atoms with Gasteiger partial charge in [0.2, 0.25) is 5.91 Å². The van der Waals surface area contributed by atoms with Crippen molar-refractivity contribution in [2.24, 2.45) is 5.92 Å². The van der Waals surface area contributed by atoms with E-state index in [1.54, 1.807) is 0 Å². The molecule has 0 aromatic heterocycles. The Kier molecular flexibility index (Phi) is 9.60. The first kappa shape index (κ1) is 20.3. The maximum absolute atomic E-state index is 11.9. The molecule has 4 nitrogen and oxygen atoms in total. The van der Waals surface area contributed by atoms with Crippen molar-refractivity contribution in [2.45, 2.75) is 38.7 Å². The topological polar surface area (TPSA) is 50.4 Å². The summed E-state index contributed by atoms with van der Waals surface area (Å²) in [6.07, 6.45) is 3.94. The molecule has 1 atom stereocenters. The Morgan fingerprint density at radius 1 is 1.39 bits per heavy atom. The number of para-hydroxylation sites is 1. The van der Waals surface area contributed by atoms with Crippen LogP contribution in [0.25, 0.3) is 0 Å². The molecule has 0 aliphatic carbocycles. The Bertz CT molecular complexity index is 481. The zero-order valence-electron chi connectivity index (χ0n) is 13.5. The number of amides is 1. The molecule has 0 spiro atoms. The highest BCUT2D eigenvalue weighted by Crippen LogP contribution is 2.24. The lowest BCUT2D eigenvalue weighted by Crippen LogP contribution is -2.34. The number of rotatable bonds is 7. The minimum atomic E-state index is -0.0541. The zero-order valence-corrected chi connectivity index (χ0v) is 15.9. The van der Waals surface area contributed by atoms with Crippen LogP contribution in [0, 0.1) is 5.92 Å². The van der Waals surface area contributed by atoms with Crippen LogP contribution in [0.2, 0.25) is 0 Å². The molecule has 1 saturated heterocycles. The number of piperidine rings is 1. The summed E-state index contributed by atoms with van der Waals surface area (Å²) in [5, 5.41) is 6.32. The van der Waals surface area contributed by atoms with E-state index in [2.05, 4.69) is 26.6 Å². The van der Waals surface area contributed by atoms with Crippen LogP contribution in [0.4, 0.5) is 0 Å². The van der Waals surface area contributed by atoms with E-state index in [0.717, 1.165) is 29.7 Å². The number of hydrogen-bond acceptors (Lipinski definition) is 3. The molecule has 130 valence electrons. The van der Waals surface area contributed by atoms with Crippen LogP contribution in [0.15, 0.2) is 28.7 Å². The van der Waals surface area contributed by atoms with Gasteiger partial charge in [0.1, 0.15) is 11.9 Å². The minimum Gasteiger partial charge on any atom is -0.488 e. The average molecular weight is 406 g/mol. The Hall–Kier alpha value is -0.780. The van der Waals surface area contributed by atoms with Gasteiger partial charge in [-0.1, -0.05) is 12.1 Å². The lowest BCUT2D eigenvalue weighted by molar-refractivity contribution is -0.121. The summed E-state index contributed by atoms with van der Waals surface area (Å²) in [7, 11) is 0. The van der Waals surface area contributed by atoms with Gasteiger partial charge >= 0.3 is 0 Å². The Morgan fingerprint density at radius 2 is 2.09 bits per heavy atom. The van der Waals surface area contributed by atoms with Crippen LogP contribution in [0.1, 0.15) is 32.6 Å². The molecule has 1 aromatic carbocycles. The molecule has 1 fully saturated rings. The van der Waals surface area contributed by atoms with E-state index >= 15 is 0 Å². The first-order valence-corrected chi connectivity index (χ1v) is 8.83. The highest BCUT2D eigenvalue weighted by Gasteiger charge is 2.15. The fraction of sp³-hybridized carbons (Fsp3) is 0.588. The lowest BCUT2D eigenvalue weighted by Gasteiger charge is -2.22. The van der Waals surface area contributed by atoms with E-state index in [0.29, 0.717) is 18.9 Å². The predicted octanol–water partition coefficient (Wildman–Crippen LogP) is 3.53. The van der Waals surface area contributed by atoms with E-state index in [4.69, 9.17) is 4.74 Å². The molecule has 1 heterocycles. The largest absolute Gasteiger partial charge is 0.488 e. The molecule has 2 rings (SSSR count). The van der Waals surface area contributed by atoms with Crippen LogP contribution in [-0.2, 0) is 4.79 Å². The van der Waals surface area contributed by atoms with Crippen molar-refractivity contribution in [3.63, 3.8) is 0 Å². The molecule has 1 aromatic rings. The second-order valence-corrected chi connectivity index (χ2v) is 6.75. The highest BCUT2D eigenvalue weighted by atomic mass is 79.9. The van der Waals surface area contributed by atoms with Gasteiger partial charge in [-0.15, -0.1) is 12.4 Å². The van der Waals surface area contributed by atoms with Gasteiger partial charge in [0.15, 0.2) is 0 Å². The minimum absolute atomic E-state index is 0. The average Bonchev–Trinajstić information content (AvgIpc) is 2.54. The molecule has 1 amide bonds. The Morgan fingerprint density at radius 3 is 2.78 bits per heavy atom. The number of carbonyl (C=O) groups is 1. The third kappa shape index (κ3) is 7.55. The second kappa shape index (κ2) is 10.9. The lowest BCUT2D eigenvalue weighted by atomic mass is 9.93. The number of hydrogen-bond donors (Lipinski definition) is 2. The SMILES string of the molecule is CC(CNC(=O)CCC1CCNCC1)Oc1ccccc1Br.Cl. The summed E-state index contributed by atoms with van der Waals surface area (Å²) in [4.78, 5) is 11.9. The number of nitrogens with one attached hydrogen (secondary N) is 2. The maximum atomic E-state index is 11.9. The van der Waals surface area contributed by atoms with Crippen LogP contribution >= 0.6 is 28.3 Å². The molecular formula is C17H26BrClN2O2. The van der Waals surface area contributed by atoms with E-state index < -0.39 is 0 Å². The van der Waals surface area contributed by atoms with E-state index in [-0.39, 0.29) is 24.4 Å². The summed E-state index contributed by atoms with van der Waals surface area (Å²) in [6, 6.07) is 7.74. The second-order valence-electron chi connectivity index (χ2n) is 5.90. The molecular weight excluding hydrogens is 380 g/mol. The molecule has 1 aliphatic rings. The predicted molar refractivity (Wildman–Crippen MR) is 99.3 cm³/mol. The van der Waals surface area contributed by atoms with Crippen LogP contribution in [-0.4, -0.2) is 31.6 Å². The van der Waals surface area contributed by atoms with Crippen LogP contribution in [0.3, 0.4) is 0 Å². The molecule has 1 unspecified atom stereocenters. The van der Waals surface area contributed by atoms with E-state index in [1.165, 1.54) is 12.8 Å². The van der Waals surface area contributed by atoms with Gasteiger partial charge in [-0.25, -0.2) is 0 Å². The van der Waals surface area contributed by atoms with Gasteiger partial charge in [-0.3, -0.25) is 4.79 Å². The van der Waals surface area contributed by atoms with E-state index in [9.17, 15) is 4.79 Å². The Balaban J connectivity index is 0.00000264. The van der Waals surface area contributed by atoms with Crippen molar-refractivity contribution in [3.8, 4) is 5.75 Å². The van der Waals surface area contributed by atoms with Gasteiger partial charge in [0.25, 0.3) is 0 Å². The summed E-state index contributed by atoms with van der Waals surface area (Å²) in [5.41, 5.74) is 0. The number of carbonyl (C=O) groups excluding carboxylic acids is 1. The fourth-order valence-electron chi connectivity index (χ4n) is 2.65. The van der Waals surface area contributed by atoms with E-state index in [1.807, 2.05) is 31.2 Å². The summed E-state index contributed by atoms with van der Waals surface area (Å²) in [5.74, 6) is 1.63. The number of halogens is 2. The highest BCUT2D eigenvalue weighted by molar-refractivity contribution is 9.10. The first-order valence-electron chi connectivity index (χ1n) is 8.03. The number of benzene rings is 1. The molecule has 0 bridgehead atoms. The van der Waals surface area contributed by atoms with Gasteiger partial charge < -0.3 is 15.4 Å². The maximum Gasteiger partial charge on any atom is 0.220 e. The molecule has 6 heteroatoms. The third-order valence-corrected chi connectivity index (χ3v) is 4.64. The normalized spacial score (nSPS) is 16.3. The van der Waals surface area contributed by atoms with Crippen LogP contribution < -0.4 is 15.4 Å². The zero-order chi connectivity index (χ0) is 15.8. The quantitative estimate of drug-likeness (QED) is 0.729. The molecule has 0 saturated carbocycles. The third-order valence-electron chi connectivity index (χ3n) is 3.99.